The highest BCUT2D eigenvalue weighted by atomic mass is 16.5. The van der Waals surface area contributed by atoms with Crippen LogP contribution in [0.15, 0.2) is 60.7 Å². The summed E-state index contributed by atoms with van der Waals surface area (Å²) in [6.07, 6.45) is 2.05. The molecule has 3 nitrogen and oxygen atoms in total. The third-order valence-electron chi connectivity index (χ3n) is 4.69. The molecule has 3 heteroatoms. The maximum atomic E-state index is 13.0. The lowest BCUT2D eigenvalue weighted by atomic mass is 9.91. The standard InChI is InChI=1S/C21H25NO2/c1-2-22-15-9-14-19(16-22)24-21(23)20(17-10-5-3-6-11-17)18-12-7-4-8-13-18/h3-8,10-13,19-20H,2,9,14-16H2,1H3/t19-/m0/s1. The number of piperidine rings is 1. The van der Waals surface area contributed by atoms with Crippen LogP contribution in [0.5, 0.6) is 0 Å². The Morgan fingerprint density at radius 2 is 1.67 bits per heavy atom. The molecule has 1 heterocycles. The number of rotatable bonds is 5. The van der Waals surface area contributed by atoms with Gasteiger partial charge in [-0.25, -0.2) is 0 Å². The van der Waals surface area contributed by atoms with Crippen LogP contribution in [0, 0.1) is 0 Å². The highest BCUT2D eigenvalue weighted by Crippen LogP contribution is 2.27. The lowest BCUT2D eigenvalue weighted by molar-refractivity contribution is -0.152. The third kappa shape index (κ3) is 4.04. The van der Waals surface area contributed by atoms with Crippen LogP contribution in [0.1, 0.15) is 36.8 Å². The molecule has 0 spiro atoms. The van der Waals surface area contributed by atoms with Crippen molar-refractivity contribution in [2.75, 3.05) is 19.6 Å². The van der Waals surface area contributed by atoms with Crippen molar-refractivity contribution in [3.63, 3.8) is 0 Å². The van der Waals surface area contributed by atoms with Crippen molar-refractivity contribution in [3.8, 4) is 0 Å². The summed E-state index contributed by atoms with van der Waals surface area (Å²) in [5.74, 6) is -0.500. The summed E-state index contributed by atoms with van der Waals surface area (Å²) in [5, 5.41) is 0. The van der Waals surface area contributed by atoms with Crippen LogP contribution in [0.2, 0.25) is 0 Å². The highest BCUT2D eigenvalue weighted by Gasteiger charge is 2.28. The molecule has 1 aliphatic heterocycles. The number of esters is 1. The van der Waals surface area contributed by atoms with Gasteiger partial charge < -0.3 is 4.74 Å². The van der Waals surface area contributed by atoms with Gasteiger partial charge in [-0.1, -0.05) is 67.6 Å². The normalized spacial score (nSPS) is 18.5. The van der Waals surface area contributed by atoms with Crippen molar-refractivity contribution in [1.82, 2.24) is 4.90 Å². The summed E-state index contributed by atoms with van der Waals surface area (Å²) in [6.45, 7) is 5.11. The van der Waals surface area contributed by atoms with Crippen molar-refractivity contribution >= 4 is 5.97 Å². The molecule has 126 valence electrons. The second-order valence-corrected chi connectivity index (χ2v) is 6.35. The van der Waals surface area contributed by atoms with E-state index in [9.17, 15) is 4.79 Å². The first-order chi connectivity index (χ1) is 11.8. The van der Waals surface area contributed by atoms with Gasteiger partial charge in [-0.2, -0.15) is 0 Å². The van der Waals surface area contributed by atoms with Gasteiger partial charge in [0.1, 0.15) is 12.0 Å². The Kier molecular flexibility index (Phi) is 5.65. The van der Waals surface area contributed by atoms with E-state index in [-0.39, 0.29) is 18.0 Å². The van der Waals surface area contributed by atoms with Crippen LogP contribution < -0.4 is 0 Å². The fourth-order valence-electron chi connectivity index (χ4n) is 3.38. The Morgan fingerprint density at radius 1 is 1.08 bits per heavy atom. The molecule has 0 amide bonds. The zero-order chi connectivity index (χ0) is 16.8. The molecule has 0 N–H and O–H groups in total. The van der Waals surface area contributed by atoms with Crippen molar-refractivity contribution in [1.29, 1.82) is 0 Å². The predicted octanol–water partition coefficient (Wildman–Crippen LogP) is 3.85. The summed E-state index contributed by atoms with van der Waals surface area (Å²) in [6, 6.07) is 19.8. The number of carbonyl (C=O) groups excluding carboxylic acids is 1. The molecule has 0 saturated carbocycles. The average molecular weight is 323 g/mol. The fraction of sp³-hybridized carbons (Fsp3) is 0.381. The SMILES string of the molecule is CCN1CCC[C@H](OC(=O)C(c2ccccc2)c2ccccc2)C1. The molecule has 0 aliphatic carbocycles. The van der Waals surface area contributed by atoms with E-state index < -0.39 is 0 Å². The minimum atomic E-state index is -0.357. The molecular weight excluding hydrogens is 298 g/mol. The number of likely N-dealkylation sites (N-methyl/N-ethyl adjacent to an activating group) is 1. The van der Waals surface area contributed by atoms with Gasteiger partial charge in [0.2, 0.25) is 0 Å². The highest BCUT2D eigenvalue weighted by molar-refractivity contribution is 5.82. The Morgan fingerprint density at radius 3 is 2.21 bits per heavy atom. The molecular formula is C21H25NO2. The van der Waals surface area contributed by atoms with E-state index in [0.29, 0.717) is 0 Å². The summed E-state index contributed by atoms with van der Waals surface area (Å²) in [4.78, 5) is 15.3. The Hall–Kier alpha value is -2.13. The van der Waals surface area contributed by atoms with Gasteiger partial charge in [0.15, 0.2) is 0 Å². The Balaban J connectivity index is 1.79. The summed E-state index contributed by atoms with van der Waals surface area (Å²) >= 11 is 0. The van der Waals surface area contributed by atoms with Crippen LogP contribution in [0.25, 0.3) is 0 Å². The van der Waals surface area contributed by atoms with Gasteiger partial charge >= 0.3 is 5.97 Å². The van der Waals surface area contributed by atoms with Crippen LogP contribution >= 0.6 is 0 Å². The number of carbonyl (C=O) groups is 1. The Labute approximate surface area is 144 Å². The number of benzene rings is 2. The number of nitrogens with zero attached hydrogens (tertiary/aromatic N) is 1. The van der Waals surface area contributed by atoms with Crippen molar-refractivity contribution in [2.24, 2.45) is 0 Å². The molecule has 0 bridgehead atoms. The first kappa shape index (κ1) is 16.7. The van der Waals surface area contributed by atoms with Crippen LogP contribution in [0.4, 0.5) is 0 Å². The molecule has 1 fully saturated rings. The first-order valence-electron chi connectivity index (χ1n) is 8.80. The monoisotopic (exact) mass is 323 g/mol. The van der Waals surface area contributed by atoms with E-state index in [1.165, 1.54) is 0 Å². The number of likely N-dealkylation sites (tertiary alicyclic amines) is 1. The minimum absolute atomic E-state index is 0.00104. The summed E-state index contributed by atoms with van der Waals surface area (Å²) < 4.78 is 5.91. The lowest BCUT2D eigenvalue weighted by Crippen LogP contribution is -2.41. The second kappa shape index (κ2) is 8.11. The van der Waals surface area contributed by atoms with Crippen molar-refractivity contribution in [2.45, 2.75) is 31.8 Å². The molecule has 2 aromatic carbocycles. The van der Waals surface area contributed by atoms with Crippen molar-refractivity contribution < 1.29 is 9.53 Å². The zero-order valence-electron chi connectivity index (χ0n) is 14.2. The number of hydrogen-bond donors (Lipinski definition) is 0. The molecule has 0 radical (unpaired) electrons. The lowest BCUT2D eigenvalue weighted by Gasteiger charge is -2.32. The first-order valence-corrected chi connectivity index (χ1v) is 8.80. The summed E-state index contributed by atoms with van der Waals surface area (Å²) in [5.41, 5.74) is 1.97. The summed E-state index contributed by atoms with van der Waals surface area (Å²) in [7, 11) is 0. The fourth-order valence-corrected chi connectivity index (χ4v) is 3.38. The van der Waals surface area contributed by atoms with E-state index in [1.807, 2.05) is 60.7 Å². The van der Waals surface area contributed by atoms with E-state index in [1.54, 1.807) is 0 Å². The quantitative estimate of drug-likeness (QED) is 0.783. The van der Waals surface area contributed by atoms with E-state index >= 15 is 0 Å². The molecule has 24 heavy (non-hydrogen) atoms. The molecule has 3 rings (SSSR count). The van der Waals surface area contributed by atoms with E-state index in [0.717, 1.165) is 43.6 Å². The molecule has 0 aromatic heterocycles. The topological polar surface area (TPSA) is 29.5 Å². The van der Waals surface area contributed by atoms with Gasteiger partial charge in [0.25, 0.3) is 0 Å². The molecule has 2 aromatic rings. The van der Waals surface area contributed by atoms with Gasteiger partial charge in [-0.05, 0) is 37.1 Å². The number of ether oxygens (including phenoxy) is 1. The minimum Gasteiger partial charge on any atom is -0.460 e. The molecule has 1 saturated heterocycles. The maximum Gasteiger partial charge on any atom is 0.318 e. The maximum absolute atomic E-state index is 13.0. The van der Waals surface area contributed by atoms with Gasteiger partial charge in [-0.15, -0.1) is 0 Å². The molecule has 0 unspecified atom stereocenters. The molecule has 1 aliphatic rings. The number of hydrogen-bond acceptors (Lipinski definition) is 3. The van der Waals surface area contributed by atoms with Gasteiger partial charge in [0.05, 0.1) is 0 Å². The second-order valence-electron chi connectivity index (χ2n) is 6.35. The Bertz CT molecular complexity index is 602. The zero-order valence-corrected chi connectivity index (χ0v) is 14.2. The van der Waals surface area contributed by atoms with Crippen LogP contribution in [0.3, 0.4) is 0 Å². The smallest absolute Gasteiger partial charge is 0.318 e. The average Bonchev–Trinajstić information content (AvgIpc) is 2.64. The predicted molar refractivity (Wildman–Crippen MR) is 96.0 cm³/mol. The van der Waals surface area contributed by atoms with Crippen molar-refractivity contribution in [3.05, 3.63) is 71.8 Å². The van der Waals surface area contributed by atoms with E-state index in [4.69, 9.17) is 4.74 Å². The van der Waals surface area contributed by atoms with E-state index in [2.05, 4.69) is 11.8 Å². The van der Waals surface area contributed by atoms with Crippen LogP contribution in [-0.2, 0) is 9.53 Å². The third-order valence-corrected chi connectivity index (χ3v) is 4.69. The molecule has 1 atom stereocenters. The van der Waals surface area contributed by atoms with Gasteiger partial charge in [0, 0.05) is 6.54 Å². The van der Waals surface area contributed by atoms with Gasteiger partial charge in [-0.3, -0.25) is 9.69 Å². The van der Waals surface area contributed by atoms with Crippen LogP contribution in [-0.4, -0.2) is 36.6 Å². The largest absolute Gasteiger partial charge is 0.460 e.